The Hall–Kier alpha value is -1.36. The lowest BCUT2D eigenvalue weighted by Crippen LogP contribution is -2.12. The molecule has 88 valence electrons. The summed E-state index contributed by atoms with van der Waals surface area (Å²) in [7, 11) is 0. The van der Waals surface area contributed by atoms with Gasteiger partial charge in [0.05, 0.1) is 18.3 Å². The molecule has 0 aliphatic carbocycles. The van der Waals surface area contributed by atoms with Crippen molar-refractivity contribution in [2.75, 3.05) is 11.9 Å². The van der Waals surface area contributed by atoms with E-state index in [1.165, 1.54) is 6.20 Å². The first kappa shape index (κ1) is 12.7. The largest absolute Gasteiger partial charge is 0.481 e. The number of anilines is 1. The summed E-state index contributed by atoms with van der Waals surface area (Å²) >= 11 is 5.66. The Bertz CT molecular complexity index is 360. The van der Waals surface area contributed by atoms with Gasteiger partial charge in [-0.15, -0.1) is 0 Å². The monoisotopic (exact) mass is 243 g/mol. The lowest BCUT2D eigenvalue weighted by molar-refractivity contribution is -0.141. The minimum atomic E-state index is -0.762. The summed E-state index contributed by atoms with van der Waals surface area (Å²) in [6.07, 6.45) is 4.43. The lowest BCUT2D eigenvalue weighted by atomic mass is 10.1. The van der Waals surface area contributed by atoms with Gasteiger partial charge in [0.1, 0.15) is 11.0 Å². The van der Waals surface area contributed by atoms with E-state index in [1.807, 2.05) is 0 Å². The molecule has 1 unspecified atom stereocenters. The van der Waals surface area contributed by atoms with Crippen LogP contribution in [0.3, 0.4) is 0 Å². The van der Waals surface area contributed by atoms with E-state index >= 15 is 0 Å². The van der Waals surface area contributed by atoms with Crippen molar-refractivity contribution in [1.29, 1.82) is 0 Å². The minimum Gasteiger partial charge on any atom is -0.481 e. The van der Waals surface area contributed by atoms with Crippen molar-refractivity contribution in [2.45, 2.75) is 19.8 Å². The molecule has 0 fully saturated rings. The zero-order chi connectivity index (χ0) is 12.0. The van der Waals surface area contributed by atoms with Crippen molar-refractivity contribution in [2.24, 2.45) is 5.92 Å². The summed E-state index contributed by atoms with van der Waals surface area (Å²) < 4.78 is 0. The Morgan fingerprint density at radius 3 is 3.00 bits per heavy atom. The van der Waals surface area contributed by atoms with Crippen LogP contribution in [0.5, 0.6) is 0 Å². The van der Waals surface area contributed by atoms with Gasteiger partial charge in [-0.1, -0.05) is 18.5 Å². The summed E-state index contributed by atoms with van der Waals surface area (Å²) in [5.41, 5.74) is 0. The molecular weight excluding hydrogens is 230 g/mol. The molecule has 0 amide bonds. The van der Waals surface area contributed by atoms with E-state index in [-0.39, 0.29) is 5.92 Å². The molecule has 0 aromatic carbocycles. The molecule has 1 aromatic rings. The molecule has 0 saturated heterocycles. The standard InChI is InChI=1S/C10H14ClN3O2/c1-7(10(15)16)3-2-4-13-9-6-12-5-8(11)14-9/h5-7H,2-4H2,1H3,(H,13,14)(H,15,16). The van der Waals surface area contributed by atoms with Crippen LogP contribution in [0, 0.1) is 5.92 Å². The van der Waals surface area contributed by atoms with E-state index in [1.54, 1.807) is 13.1 Å². The fraction of sp³-hybridized carbons (Fsp3) is 0.500. The number of carboxylic acid groups (broad SMARTS) is 1. The van der Waals surface area contributed by atoms with E-state index in [2.05, 4.69) is 15.3 Å². The van der Waals surface area contributed by atoms with E-state index in [4.69, 9.17) is 16.7 Å². The Kier molecular flexibility index (Phi) is 4.98. The highest BCUT2D eigenvalue weighted by Crippen LogP contribution is 2.08. The molecule has 0 spiro atoms. The smallest absolute Gasteiger partial charge is 0.306 e. The van der Waals surface area contributed by atoms with Crippen LogP contribution in [0.1, 0.15) is 19.8 Å². The first-order valence-electron chi connectivity index (χ1n) is 5.04. The first-order chi connectivity index (χ1) is 7.59. The van der Waals surface area contributed by atoms with Gasteiger partial charge < -0.3 is 10.4 Å². The predicted octanol–water partition coefficient (Wildman–Crippen LogP) is 2.04. The Balaban J connectivity index is 2.23. The topological polar surface area (TPSA) is 75.1 Å². The summed E-state index contributed by atoms with van der Waals surface area (Å²) in [6, 6.07) is 0. The van der Waals surface area contributed by atoms with Crippen molar-refractivity contribution in [1.82, 2.24) is 9.97 Å². The molecular formula is C10H14ClN3O2. The number of nitrogens with zero attached hydrogens (tertiary/aromatic N) is 2. The Morgan fingerprint density at radius 1 is 1.62 bits per heavy atom. The molecule has 0 aliphatic rings. The second kappa shape index (κ2) is 6.27. The van der Waals surface area contributed by atoms with Gasteiger partial charge in [0.2, 0.25) is 0 Å². The average Bonchev–Trinajstić information content (AvgIpc) is 2.24. The van der Waals surface area contributed by atoms with Crippen molar-refractivity contribution in [3.63, 3.8) is 0 Å². The van der Waals surface area contributed by atoms with Crippen LogP contribution in [-0.4, -0.2) is 27.6 Å². The van der Waals surface area contributed by atoms with E-state index in [0.29, 0.717) is 23.9 Å². The molecule has 5 nitrogen and oxygen atoms in total. The maximum Gasteiger partial charge on any atom is 0.306 e. The zero-order valence-electron chi connectivity index (χ0n) is 8.98. The molecule has 2 N–H and O–H groups in total. The molecule has 1 atom stereocenters. The number of carbonyl (C=O) groups is 1. The number of aromatic nitrogens is 2. The Morgan fingerprint density at radius 2 is 2.38 bits per heavy atom. The number of halogens is 1. The number of hydrogen-bond donors (Lipinski definition) is 2. The number of carboxylic acids is 1. The van der Waals surface area contributed by atoms with Crippen molar-refractivity contribution in [3.05, 3.63) is 17.5 Å². The minimum absolute atomic E-state index is 0.313. The molecule has 0 saturated carbocycles. The molecule has 6 heteroatoms. The van der Waals surface area contributed by atoms with E-state index in [0.717, 1.165) is 6.42 Å². The van der Waals surface area contributed by atoms with Crippen LogP contribution >= 0.6 is 11.6 Å². The van der Waals surface area contributed by atoms with E-state index < -0.39 is 5.97 Å². The number of aliphatic carboxylic acids is 1. The third-order valence-corrected chi connectivity index (χ3v) is 2.33. The van der Waals surface area contributed by atoms with Crippen LogP contribution in [0.4, 0.5) is 5.82 Å². The third-order valence-electron chi connectivity index (χ3n) is 2.15. The van der Waals surface area contributed by atoms with Crippen molar-refractivity contribution in [3.8, 4) is 0 Å². The van der Waals surface area contributed by atoms with Gasteiger partial charge in [0, 0.05) is 6.54 Å². The van der Waals surface area contributed by atoms with Gasteiger partial charge in [-0.05, 0) is 12.8 Å². The predicted molar refractivity (Wildman–Crippen MR) is 61.6 cm³/mol. The maximum absolute atomic E-state index is 10.5. The maximum atomic E-state index is 10.5. The molecule has 16 heavy (non-hydrogen) atoms. The molecule has 1 heterocycles. The average molecular weight is 244 g/mol. The highest BCUT2D eigenvalue weighted by molar-refractivity contribution is 6.29. The van der Waals surface area contributed by atoms with Gasteiger partial charge in [-0.3, -0.25) is 9.78 Å². The number of nitrogens with one attached hydrogen (secondary N) is 1. The fourth-order valence-corrected chi connectivity index (χ4v) is 1.32. The molecule has 0 bridgehead atoms. The lowest BCUT2D eigenvalue weighted by Gasteiger charge is -2.07. The van der Waals surface area contributed by atoms with Crippen LogP contribution in [-0.2, 0) is 4.79 Å². The molecule has 0 aliphatic heterocycles. The van der Waals surface area contributed by atoms with Crippen LogP contribution < -0.4 is 5.32 Å². The van der Waals surface area contributed by atoms with Gasteiger partial charge in [0.25, 0.3) is 0 Å². The van der Waals surface area contributed by atoms with Gasteiger partial charge in [-0.25, -0.2) is 4.98 Å². The van der Waals surface area contributed by atoms with Crippen LogP contribution in [0.2, 0.25) is 5.15 Å². The van der Waals surface area contributed by atoms with Crippen LogP contribution in [0.15, 0.2) is 12.4 Å². The number of rotatable bonds is 6. The van der Waals surface area contributed by atoms with Gasteiger partial charge >= 0.3 is 5.97 Å². The zero-order valence-corrected chi connectivity index (χ0v) is 9.74. The van der Waals surface area contributed by atoms with Crippen LogP contribution in [0.25, 0.3) is 0 Å². The second-order valence-corrected chi connectivity index (χ2v) is 3.92. The van der Waals surface area contributed by atoms with Gasteiger partial charge in [0.15, 0.2) is 0 Å². The molecule has 1 rings (SSSR count). The summed E-state index contributed by atoms with van der Waals surface area (Å²) in [5.74, 6) is -0.467. The van der Waals surface area contributed by atoms with Crippen molar-refractivity contribution >= 4 is 23.4 Å². The van der Waals surface area contributed by atoms with E-state index in [9.17, 15) is 4.79 Å². The molecule has 0 radical (unpaired) electrons. The summed E-state index contributed by atoms with van der Waals surface area (Å²) in [6.45, 7) is 2.36. The highest BCUT2D eigenvalue weighted by atomic mass is 35.5. The third kappa shape index (κ3) is 4.44. The SMILES string of the molecule is CC(CCCNc1cncc(Cl)n1)C(=O)O. The Labute approximate surface area is 98.9 Å². The quantitative estimate of drug-likeness (QED) is 0.748. The first-order valence-corrected chi connectivity index (χ1v) is 5.41. The fourth-order valence-electron chi connectivity index (χ4n) is 1.18. The second-order valence-electron chi connectivity index (χ2n) is 3.54. The summed E-state index contributed by atoms with van der Waals surface area (Å²) in [4.78, 5) is 18.4. The highest BCUT2D eigenvalue weighted by Gasteiger charge is 2.09. The normalized spacial score (nSPS) is 12.1. The number of hydrogen-bond acceptors (Lipinski definition) is 4. The summed E-state index contributed by atoms with van der Waals surface area (Å²) in [5, 5.41) is 12.0. The van der Waals surface area contributed by atoms with Crippen molar-refractivity contribution < 1.29 is 9.90 Å². The van der Waals surface area contributed by atoms with Gasteiger partial charge in [-0.2, -0.15) is 0 Å². The molecule has 1 aromatic heterocycles.